The van der Waals surface area contributed by atoms with Gasteiger partial charge >= 0.3 is 0 Å². The standard InChI is InChI=1S/C21H21Cl2N3O2/c1-27-17-11-5-8-13(20(17)28-2)19-14-7-3-4-12-24-21(14)26(25-19)16-10-6-9-15(22)18(16)23/h5-6,8-11,24H,3-4,7,12H2,1-2H3. The molecule has 0 fully saturated rings. The van der Waals surface area contributed by atoms with Crippen molar-refractivity contribution in [1.29, 1.82) is 0 Å². The summed E-state index contributed by atoms with van der Waals surface area (Å²) in [5, 5.41) is 9.43. The molecule has 28 heavy (non-hydrogen) atoms. The number of anilines is 1. The maximum absolute atomic E-state index is 6.51. The van der Waals surface area contributed by atoms with E-state index in [1.165, 1.54) is 0 Å². The van der Waals surface area contributed by atoms with E-state index >= 15 is 0 Å². The zero-order valence-corrected chi connectivity index (χ0v) is 17.3. The molecule has 0 saturated heterocycles. The smallest absolute Gasteiger partial charge is 0.170 e. The normalized spacial score (nSPS) is 13.4. The highest BCUT2D eigenvalue weighted by atomic mass is 35.5. The van der Waals surface area contributed by atoms with Gasteiger partial charge in [0.15, 0.2) is 11.5 Å². The van der Waals surface area contributed by atoms with Crippen LogP contribution in [-0.2, 0) is 6.42 Å². The Morgan fingerprint density at radius 2 is 1.86 bits per heavy atom. The highest BCUT2D eigenvalue weighted by Crippen LogP contribution is 2.42. The summed E-state index contributed by atoms with van der Waals surface area (Å²) in [4.78, 5) is 0. The Labute approximate surface area is 174 Å². The third kappa shape index (κ3) is 3.19. The van der Waals surface area contributed by atoms with Crippen LogP contribution in [0.5, 0.6) is 11.5 Å². The van der Waals surface area contributed by atoms with E-state index in [9.17, 15) is 0 Å². The summed E-state index contributed by atoms with van der Waals surface area (Å²) in [6.07, 6.45) is 3.08. The summed E-state index contributed by atoms with van der Waals surface area (Å²) in [5.74, 6) is 2.28. The van der Waals surface area contributed by atoms with Crippen LogP contribution in [0.2, 0.25) is 10.0 Å². The fourth-order valence-electron chi connectivity index (χ4n) is 3.62. The van der Waals surface area contributed by atoms with Crippen LogP contribution in [0.3, 0.4) is 0 Å². The monoisotopic (exact) mass is 417 g/mol. The fourth-order valence-corrected chi connectivity index (χ4v) is 4.00. The molecule has 0 radical (unpaired) electrons. The molecule has 0 bridgehead atoms. The van der Waals surface area contributed by atoms with Crippen LogP contribution in [0.15, 0.2) is 36.4 Å². The van der Waals surface area contributed by atoms with Gasteiger partial charge in [-0.15, -0.1) is 0 Å². The molecule has 2 heterocycles. The number of benzene rings is 2. The molecule has 0 amide bonds. The number of ether oxygens (including phenoxy) is 2. The third-order valence-corrected chi connectivity index (χ3v) is 5.76. The summed E-state index contributed by atoms with van der Waals surface area (Å²) >= 11 is 12.8. The molecule has 0 atom stereocenters. The Kier molecular flexibility index (Phi) is 5.38. The lowest BCUT2D eigenvalue weighted by Crippen LogP contribution is -2.07. The van der Waals surface area contributed by atoms with Gasteiger partial charge in [0.1, 0.15) is 11.5 Å². The molecule has 1 aliphatic heterocycles. The highest BCUT2D eigenvalue weighted by molar-refractivity contribution is 6.43. The second kappa shape index (κ2) is 7.94. The average molecular weight is 418 g/mol. The Morgan fingerprint density at radius 3 is 2.64 bits per heavy atom. The quantitative estimate of drug-likeness (QED) is 0.598. The SMILES string of the molecule is COc1cccc(-c2nn(-c3cccc(Cl)c3Cl)c3c2CCCCN3)c1OC. The maximum Gasteiger partial charge on any atom is 0.170 e. The van der Waals surface area contributed by atoms with Gasteiger partial charge in [0, 0.05) is 17.7 Å². The average Bonchev–Trinajstić information content (AvgIpc) is 2.89. The Morgan fingerprint density at radius 1 is 1.04 bits per heavy atom. The van der Waals surface area contributed by atoms with Gasteiger partial charge in [0.2, 0.25) is 0 Å². The van der Waals surface area contributed by atoms with Crippen LogP contribution in [0.4, 0.5) is 5.82 Å². The van der Waals surface area contributed by atoms with Gasteiger partial charge in [0.25, 0.3) is 0 Å². The number of nitrogens with one attached hydrogen (secondary N) is 1. The number of methoxy groups -OCH3 is 2. The van der Waals surface area contributed by atoms with Gasteiger partial charge in [-0.05, 0) is 43.5 Å². The number of hydrogen-bond donors (Lipinski definition) is 1. The number of fused-ring (bicyclic) bond motifs is 1. The zero-order chi connectivity index (χ0) is 19.7. The second-order valence-electron chi connectivity index (χ2n) is 6.59. The van der Waals surface area contributed by atoms with Crippen molar-refractivity contribution >= 4 is 29.0 Å². The zero-order valence-electron chi connectivity index (χ0n) is 15.8. The lowest BCUT2D eigenvalue weighted by molar-refractivity contribution is 0.356. The molecule has 0 saturated carbocycles. The molecule has 5 nitrogen and oxygen atoms in total. The number of hydrogen-bond acceptors (Lipinski definition) is 4. The number of para-hydroxylation sites is 1. The van der Waals surface area contributed by atoms with Crippen molar-refractivity contribution in [2.45, 2.75) is 19.3 Å². The molecular formula is C21H21Cl2N3O2. The van der Waals surface area contributed by atoms with Crippen LogP contribution in [0.25, 0.3) is 16.9 Å². The second-order valence-corrected chi connectivity index (χ2v) is 7.37. The van der Waals surface area contributed by atoms with Crippen molar-refractivity contribution < 1.29 is 9.47 Å². The number of aromatic nitrogens is 2. The van der Waals surface area contributed by atoms with E-state index in [0.29, 0.717) is 21.5 Å². The van der Waals surface area contributed by atoms with Gasteiger partial charge in [0.05, 0.1) is 30.0 Å². The molecule has 7 heteroatoms. The van der Waals surface area contributed by atoms with Crippen molar-refractivity contribution in [3.05, 3.63) is 52.0 Å². The lowest BCUT2D eigenvalue weighted by atomic mass is 10.0. The van der Waals surface area contributed by atoms with Crippen LogP contribution < -0.4 is 14.8 Å². The Hall–Kier alpha value is -2.37. The summed E-state index contributed by atoms with van der Waals surface area (Å²) in [5.41, 5.74) is 3.63. The molecule has 0 aliphatic carbocycles. The van der Waals surface area contributed by atoms with E-state index in [0.717, 1.165) is 54.1 Å². The molecule has 0 spiro atoms. The molecule has 1 aliphatic rings. The molecule has 4 rings (SSSR count). The first kappa shape index (κ1) is 19.0. The summed E-state index contributed by atoms with van der Waals surface area (Å²) < 4.78 is 13.0. The molecule has 2 aromatic carbocycles. The molecule has 1 aromatic heterocycles. The van der Waals surface area contributed by atoms with Crippen LogP contribution in [0.1, 0.15) is 18.4 Å². The minimum Gasteiger partial charge on any atom is -0.493 e. The Balaban J connectivity index is 1.98. The minimum absolute atomic E-state index is 0.477. The van der Waals surface area contributed by atoms with Crippen LogP contribution >= 0.6 is 23.2 Å². The van der Waals surface area contributed by atoms with Crippen LogP contribution in [0, 0.1) is 0 Å². The molecular weight excluding hydrogens is 397 g/mol. The van der Waals surface area contributed by atoms with Gasteiger partial charge in [-0.25, -0.2) is 4.68 Å². The van der Waals surface area contributed by atoms with Crippen molar-refractivity contribution in [3.8, 4) is 28.4 Å². The van der Waals surface area contributed by atoms with Crippen molar-refractivity contribution in [2.75, 3.05) is 26.1 Å². The van der Waals surface area contributed by atoms with E-state index in [1.807, 2.05) is 35.0 Å². The molecule has 146 valence electrons. The van der Waals surface area contributed by atoms with Crippen molar-refractivity contribution in [2.24, 2.45) is 0 Å². The first-order chi connectivity index (χ1) is 13.7. The largest absolute Gasteiger partial charge is 0.493 e. The van der Waals surface area contributed by atoms with Crippen molar-refractivity contribution in [3.63, 3.8) is 0 Å². The van der Waals surface area contributed by atoms with E-state index in [-0.39, 0.29) is 0 Å². The number of halogens is 2. The third-order valence-electron chi connectivity index (χ3n) is 4.95. The number of rotatable bonds is 4. The predicted molar refractivity (Wildman–Crippen MR) is 114 cm³/mol. The number of nitrogens with zero attached hydrogens (tertiary/aromatic N) is 2. The molecule has 0 unspecified atom stereocenters. The van der Waals surface area contributed by atoms with Gasteiger partial charge in [-0.2, -0.15) is 5.10 Å². The Bertz CT molecular complexity index is 1020. The van der Waals surface area contributed by atoms with Gasteiger partial charge in [-0.1, -0.05) is 35.3 Å². The highest BCUT2D eigenvalue weighted by Gasteiger charge is 2.25. The molecule has 1 N–H and O–H groups in total. The summed E-state index contributed by atoms with van der Waals surface area (Å²) in [6.45, 7) is 0.881. The van der Waals surface area contributed by atoms with E-state index in [1.54, 1.807) is 20.3 Å². The molecule has 3 aromatic rings. The lowest BCUT2D eigenvalue weighted by Gasteiger charge is -2.12. The van der Waals surface area contributed by atoms with Crippen molar-refractivity contribution in [1.82, 2.24) is 9.78 Å². The van der Waals surface area contributed by atoms with Gasteiger partial charge in [-0.3, -0.25) is 0 Å². The summed E-state index contributed by atoms with van der Waals surface area (Å²) in [6, 6.07) is 11.4. The van der Waals surface area contributed by atoms with E-state index in [2.05, 4.69) is 5.32 Å². The first-order valence-corrected chi connectivity index (χ1v) is 9.92. The topological polar surface area (TPSA) is 48.3 Å². The maximum atomic E-state index is 6.51. The van der Waals surface area contributed by atoms with E-state index in [4.69, 9.17) is 37.8 Å². The predicted octanol–water partition coefficient (Wildman–Crippen LogP) is 5.61. The van der Waals surface area contributed by atoms with Gasteiger partial charge < -0.3 is 14.8 Å². The fraction of sp³-hybridized carbons (Fsp3) is 0.286. The first-order valence-electron chi connectivity index (χ1n) is 9.17. The van der Waals surface area contributed by atoms with E-state index < -0.39 is 0 Å². The minimum atomic E-state index is 0.477. The summed E-state index contributed by atoms with van der Waals surface area (Å²) in [7, 11) is 3.27. The van der Waals surface area contributed by atoms with Crippen LogP contribution in [-0.4, -0.2) is 30.5 Å².